The van der Waals surface area contributed by atoms with Crippen molar-refractivity contribution in [2.24, 2.45) is 0 Å². The van der Waals surface area contributed by atoms with Crippen LogP contribution >= 0.6 is 0 Å². The van der Waals surface area contributed by atoms with Crippen molar-refractivity contribution < 1.29 is 37.0 Å². The smallest absolute Gasteiger partial charge is 0.339 e. The lowest BCUT2D eigenvalue weighted by molar-refractivity contribution is 0.0583. The van der Waals surface area contributed by atoms with Gasteiger partial charge < -0.3 is 18.9 Å². The maximum absolute atomic E-state index is 13.2. The van der Waals surface area contributed by atoms with Crippen LogP contribution < -0.4 is 14.2 Å². The Morgan fingerprint density at radius 3 is 2.17 bits per heavy atom. The quantitative estimate of drug-likeness (QED) is 0.595. The van der Waals surface area contributed by atoms with E-state index in [1.807, 2.05) is 0 Å². The van der Waals surface area contributed by atoms with Gasteiger partial charge in [0.25, 0.3) is 10.0 Å². The second-order valence-corrected chi connectivity index (χ2v) is 7.47. The zero-order chi connectivity index (χ0) is 22.3. The van der Waals surface area contributed by atoms with Crippen LogP contribution in [0.5, 0.6) is 11.5 Å². The molecule has 0 aromatic heterocycles. The van der Waals surface area contributed by atoms with Crippen molar-refractivity contribution in [1.29, 1.82) is 0 Å². The topological polar surface area (TPSA) is 117 Å². The van der Waals surface area contributed by atoms with Crippen molar-refractivity contribution in [3.05, 3.63) is 47.5 Å². The molecule has 2 rings (SSSR count). The van der Waals surface area contributed by atoms with Gasteiger partial charge in [-0.25, -0.2) is 18.0 Å². The van der Waals surface area contributed by atoms with Gasteiger partial charge in [-0.05, 0) is 44.2 Å². The molecule has 0 unspecified atom stereocenters. The summed E-state index contributed by atoms with van der Waals surface area (Å²) in [5, 5.41) is 0. The molecule has 1 N–H and O–H groups in total. The van der Waals surface area contributed by atoms with E-state index in [1.165, 1.54) is 18.2 Å². The summed E-state index contributed by atoms with van der Waals surface area (Å²) >= 11 is 0. The Labute approximate surface area is 174 Å². The largest absolute Gasteiger partial charge is 0.494 e. The predicted octanol–water partition coefficient (Wildman–Crippen LogP) is 2.86. The Hall–Kier alpha value is -3.27. The second kappa shape index (κ2) is 9.97. The number of carbonyl (C=O) groups excluding carboxylic acids is 2. The van der Waals surface area contributed by atoms with Crippen molar-refractivity contribution >= 4 is 27.6 Å². The van der Waals surface area contributed by atoms with Crippen LogP contribution in [-0.4, -0.2) is 47.8 Å². The molecule has 0 saturated carbocycles. The minimum atomic E-state index is -4.33. The summed E-state index contributed by atoms with van der Waals surface area (Å²) in [6.45, 7) is 4.23. The number of carbonyl (C=O) groups is 2. The van der Waals surface area contributed by atoms with Gasteiger partial charge in [0.1, 0.15) is 16.4 Å². The fraction of sp³-hybridized carbons (Fsp3) is 0.300. The Balaban J connectivity index is 2.59. The van der Waals surface area contributed by atoms with Gasteiger partial charge >= 0.3 is 11.9 Å². The van der Waals surface area contributed by atoms with E-state index in [1.54, 1.807) is 26.0 Å². The standard InChI is InChI=1S/C20H23NO8S/c1-5-28-14-8-10-17(29-6-2)16(12-14)21-30(24,25)18-11-13(19(22)26-3)7-9-15(18)20(23)27-4/h7-12,21H,5-6H2,1-4H3. The van der Waals surface area contributed by atoms with Crippen LogP contribution in [0.2, 0.25) is 0 Å². The predicted molar refractivity (Wildman–Crippen MR) is 109 cm³/mol. The first-order valence-corrected chi connectivity index (χ1v) is 10.5. The summed E-state index contributed by atoms with van der Waals surface area (Å²) in [7, 11) is -2.04. The molecule has 2 aromatic carbocycles. The highest BCUT2D eigenvalue weighted by Gasteiger charge is 2.26. The molecule has 0 heterocycles. The third-order valence-electron chi connectivity index (χ3n) is 3.90. The van der Waals surface area contributed by atoms with Gasteiger partial charge in [0.15, 0.2) is 0 Å². The number of hydrogen-bond acceptors (Lipinski definition) is 8. The van der Waals surface area contributed by atoms with E-state index in [-0.39, 0.29) is 22.6 Å². The molecule has 0 aliphatic heterocycles. The molecule has 9 nitrogen and oxygen atoms in total. The van der Waals surface area contributed by atoms with E-state index in [9.17, 15) is 18.0 Å². The highest BCUT2D eigenvalue weighted by Crippen LogP contribution is 2.32. The second-order valence-electron chi connectivity index (χ2n) is 5.82. The van der Waals surface area contributed by atoms with Crippen molar-refractivity contribution in [3.63, 3.8) is 0 Å². The lowest BCUT2D eigenvalue weighted by Crippen LogP contribution is -2.19. The molecule has 0 radical (unpaired) electrons. The number of esters is 2. The van der Waals surface area contributed by atoms with E-state index in [0.29, 0.717) is 19.0 Å². The fourth-order valence-corrected chi connectivity index (χ4v) is 3.88. The number of anilines is 1. The lowest BCUT2D eigenvalue weighted by Gasteiger charge is -2.16. The number of sulfonamides is 1. The molecule has 162 valence electrons. The summed E-state index contributed by atoms with van der Waals surface area (Å²) in [6.07, 6.45) is 0. The van der Waals surface area contributed by atoms with Crippen molar-refractivity contribution in [1.82, 2.24) is 0 Å². The van der Waals surface area contributed by atoms with Gasteiger partial charge in [0.2, 0.25) is 0 Å². The van der Waals surface area contributed by atoms with E-state index in [4.69, 9.17) is 9.47 Å². The Kier molecular flexibility index (Phi) is 7.65. The Morgan fingerprint density at radius 2 is 1.57 bits per heavy atom. The zero-order valence-electron chi connectivity index (χ0n) is 17.1. The molecular formula is C20H23NO8S. The van der Waals surface area contributed by atoms with Crippen molar-refractivity contribution in [2.45, 2.75) is 18.7 Å². The maximum atomic E-state index is 13.2. The Morgan fingerprint density at radius 1 is 0.900 bits per heavy atom. The monoisotopic (exact) mass is 437 g/mol. The molecular weight excluding hydrogens is 414 g/mol. The van der Waals surface area contributed by atoms with Crippen molar-refractivity contribution in [2.75, 3.05) is 32.2 Å². The third kappa shape index (κ3) is 5.20. The summed E-state index contributed by atoms with van der Waals surface area (Å²) in [6, 6.07) is 8.19. The van der Waals surface area contributed by atoms with Crippen LogP contribution in [0.25, 0.3) is 0 Å². The van der Waals surface area contributed by atoms with Gasteiger partial charge in [0.05, 0.1) is 44.2 Å². The van der Waals surface area contributed by atoms with Gasteiger partial charge in [-0.15, -0.1) is 0 Å². The normalized spacial score (nSPS) is 10.8. The highest BCUT2D eigenvalue weighted by molar-refractivity contribution is 7.92. The first kappa shape index (κ1) is 23.0. The van der Waals surface area contributed by atoms with Crippen LogP contribution in [0.15, 0.2) is 41.3 Å². The molecule has 0 bridgehead atoms. The van der Waals surface area contributed by atoms with Gasteiger partial charge in [-0.2, -0.15) is 0 Å². The highest BCUT2D eigenvalue weighted by atomic mass is 32.2. The van der Waals surface area contributed by atoms with Gasteiger partial charge in [-0.3, -0.25) is 4.72 Å². The SMILES string of the molecule is CCOc1ccc(OCC)c(NS(=O)(=O)c2cc(C(=O)OC)ccc2C(=O)OC)c1. The fourth-order valence-electron chi connectivity index (χ4n) is 2.59. The number of benzene rings is 2. The summed E-state index contributed by atoms with van der Waals surface area (Å²) in [5.74, 6) is -0.931. The van der Waals surface area contributed by atoms with Crippen LogP contribution in [0.1, 0.15) is 34.6 Å². The molecule has 30 heavy (non-hydrogen) atoms. The van der Waals surface area contributed by atoms with Crippen molar-refractivity contribution in [3.8, 4) is 11.5 Å². The average Bonchev–Trinajstić information content (AvgIpc) is 2.74. The molecule has 0 aliphatic rings. The molecule has 10 heteroatoms. The van der Waals surface area contributed by atoms with Gasteiger partial charge in [0, 0.05) is 6.07 Å². The van der Waals surface area contributed by atoms with Crippen LogP contribution in [0.3, 0.4) is 0 Å². The first-order chi connectivity index (χ1) is 14.3. The van der Waals surface area contributed by atoms with Crippen LogP contribution in [0, 0.1) is 0 Å². The van der Waals surface area contributed by atoms with E-state index in [0.717, 1.165) is 20.3 Å². The first-order valence-electron chi connectivity index (χ1n) is 9.00. The number of nitrogens with one attached hydrogen (secondary N) is 1. The summed E-state index contributed by atoms with van der Waals surface area (Å²) in [4.78, 5) is 23.5. The molecule has 0 spiro atoms. The zero-order valence-corrected chi connectivity index (χ0v) is 17.9. The van der Waals surface area contributed by atoms with E-state index in [2.05, 4.69) is 14.2 Å². The maximum Gasteiger partial charge on any atom is 0.339 e. The molecule has 0 saturated heterocycles. The minimum absolute atomic E-state index is 0.0429. The summed E-state index contributed by atoms with van der Waals surface area (Å²) in [5.41, 5.74) is -0.169. The summed E-state index contributed by atoms with van der Waals surface area (Å²) < 4.78 is 48.9. The van der Waals surface area contributed by atoms with E-state index < -0.39 is 26.9 Å². The number of methoxy groups -OCH3 is 2. The van der Waals surface area contributed by atoms with E-state index >= 15 is 0 Å². The number of rotatable bonds is 9. The number of hydrogen-bond donors (Lipinski definition) is 1. The molecule has 0 aliphatic carbocycles. The minimum Gasteiger partial charge on any atom is -0.494 e. The Bertz CT molecular complexity index is 1030. The van der Waals surface area contributed by atoms with Crippen LogP contribution in [0.4, 0.5) is 5.69 Å². The van der Waals surface area contributed by atoms with Crippen LogP contribution in [-0.2, 0) is 19.5 Å². The average molecular weight is 437 g/mol. The lowest BCUT2D eigenvalue weighted by atomic mass is 10.1. The number of ether oxygens (including phenoxy) is 4. The molecule has 0 atom stereocenters. The molecule has 2 aromatic rings. The molecule has 0 amide bonds. The third-order valence-corrected chi connectivity index (χ3v) is 5.31. The van der Waals surface area contributed by atoms with Gasteiger partial charge in [-0.1, -0.05) is 0 Å². The molecule has 0 fully saturated rings.